The Bertz CT molecular complexity index is 912. The Morgan fingerprint density at radius 1 is 0.929 bits per heavy atom. The summed E-state index contributed by atoms with van der Waals surface area (Å²) < 4.78 is 0. The molecule has 1 aliphatic rings. The van der Waals surface area contributed by atoms with Crippen molar-refractivity contribution >= 4 is 23.2 Å². The number of nitrogens with zero attached hydrogens (tertiary/aromatic N) is 1. The lowest BCUT2D eigenvalue weighted by Gasteiger charge is -2.30. The fourth-order valence-corrected chi connectivity index (χ4v) is 3.99. The topological polar surface area (TPSA) is 32.3 Å². The highest BCUT2D eigenvalue weighted by Crippen LogP contribution is 2.35. The molecule has 0 radical (unpaired) electrons. The molecule has 0 spiro atoms. The predicted octanol–water partition coefficient (Wildman–Crippen LogP) is 5.86. The van der Waals surface area contributed by atoms with Gasteiger partial charge in [0.15, 0.2) is 0 Å². The number of hydrogen-bond donors (Lipinski definition) is 1. The molecule has 3 aromatic rings. The minimum absolute atomic E-state index is 0.0949. The summed E-state index contributed by atoms with van der Waals surface area (Å²) in [6, 6.07) is 27.4. The highest BCUT2D eigenvalue weighted by atomic mass is 35.5. The molecular formula is C24H23ClN2O. The zero-order valence-electron chi connectivity index (χ0n) is 15.6. The molecule has 3 aromatic carbocycles. The Morgan fingerprint density at radius 2 is 1.57 bits per heavy atom. The molecule has 28 heavy (non-hydrogen) atoms. The van der Waals surface area contributed by atoms with Crippen molar-refractivity contribution in [2.75, 3.05) is 11.9 Å². The van der Waals surface area contributed by atoms with E-state index in [1.54, 1.807) is 0 Å². The molecule has 2 unspecified atom stereocenters. The van der Waals surface area contributed by atoms with Crippen molar-refractivity contribution < 1.29 is 4.79 Å². The predicted molar refractivity (Wildman–Crippen MR) is 114 cm³/mol. The van der Waals surface area contributed by atoms with E-state index in [4.69, 9.17) is 11.6 Å². The SMILES string of the molecule is O=C(C(Nc1ccccc1)c1ccc(Cl)cc1)N1CCCC1c1ccccc1. The van der Waals surface area contributed by atoms with Gasteiger partial charge in [0.05, 0.1) is 6.04 Å². The number of rotatable bonds is 5. The highest BCUT2D eigenvalue weighted by Gasteiger charge is 2.34. The van der Waals surface area contributed by atoms with Crippen molar-refractivity contribution in [2.45, 2.75) is 24.9 Å². The van der Waals surface area contributed by atoms with Crippen molar-refractivity contribution in [1.29, 1.82) is 0 Å². The third-order valence-electron chi connectivity index (χ3n) is 5.26. The van der Waals surface area contributed by atoms with Gasteiger partial charge in [0.25, 0.3) is 0 Å². The molecular weight excluding hydrogens is 368 g/mol. The summed E-state index contributed by atoms with van der Waals surface area (Å²) in [5.74, 6) is 0.0949. The number of carbonyl (C=O) groups is 1. The molecule has 0 bridgehead atoms. The summed E-state index contributed by atoms with van der Waals surface area (Å²) in [5.41, 5.74) is 3.03. The highest BCUT2D eigenvalue weighted by molar-refractivity contribution is 6.30. The first kappa shape index (κ1) is 18.6. The van der Waals surface area contributed by atoms with Crippen LogP contribution >= 0.6 is 11.6 Å². The molecule has 1 saturated heterocycles. The summed E-state index contributed by atoms with van der Waals surface area (Å²) in [6.45, 7) is 0.777. The van der Waals surface area contributed by atoms with E-state index >= 15 is 0 Å². The van der Waals surface area contributed by atoms with Crippen LogP contribution in [0.15, 0.2) is 84.9 Å². The number of anilines is 1. The average Bonchev–Trinajstić information content (AvgIpc) is 3.24. The lowest BCUT2D eigenvalue weighted by molar-refractivity contribution is -0.133. The molecule has 142 valence electrons. The zero-order chi connectivity index (χ0) is 19.3. The van der Waals surface area contributed by atoms with Gasteiger partial charge in [-0.05, 0) is 48.2 Å². The molecule has 2 atom stereocenters. The number of benzene rings is 3. The number of para-hydroxylation sites is 1. The van der Waals surface area contributed by atoms with E-state index in [1.807, 2.05) is 77.7 Å². The van der Waals surface area contributed by atoms with Crippen molar-refractivity contribution in [3.05, 3.63) is 101 Å². The molecule has 4 rings (SSSR count). The molecule has 0 aromatic heterocycles. The quantitative estimate of drug-likeness (QED) is 0.592. The molecule has 4 heteroatoms. The Balaban J connectivity index is 1.65. The van der Waals surface area contributed by atoms with Gasteiger partial charge in [-0.2, -0.15) is 0 Å². The van der Waals surface area contributed by atoms with Crippen LogP contribution in [0.1, 0.15) is 36.1 Å². The Kier molecular flexibility index (Phi) is 5.63. The van der Waals surface area contributed by atoms with Crippen LogP contribution < -0.4 is 5.32 Å². The van der Waals surface area contributed by atoms with Gasteiger partial charge < -0.3 is 10.2 Å². The number of carbonyl (C=O) groups excluding carboxylic acids is 1. The molecule has 1 aliphatic heterocycles. The van der Waals surface area contributed by atoms with E-state index in [1.165, 1.54) is 5.56 Å². The first-order valence-corrected chi connectivity index (χ1v) is 10.0. The van der Waals surface area contributed by atoms with Gasteiger partial charge in [-0.25, -0.2) is 0 Å². The minimum atomic E-state index is -0.455. The van der Waals surface area contributed by atoms with Crippen LogP contribution in [0.2, 0.25) is 5.02 Å². The third-order valence-corrected chi connectivity index (χ3v) is 5.51. The Hall–Kier alpha value is -2.78. The number of amides is 1. The molecule has 0 aliphatic carbocycles. The Labute approximate surface area is 171 Å². The number of likely N-dealkylation sites (tertiary alicyclic amines) is 1. The fourth-order valence-electron chi connectivity index (χ4n) is 3.86. The normalized spacial score (nSPS) is 17.3. The van der Waals surface area contributed by atoms with Gasteiger partial charge in [-0.15, -0.1) is 0 Å². The molecule has 0 saturated carbocycles. The van der Waals surface area contributed by atoms with E-state index in [9.17, 15) is 4.79 Å². The first-order valence-electron chi connectivity index (χ1n) is 9.65. The summed E-state index contributed by atoms with van der Waals surface area (Å²) in [4.78, 5) is 15.7. The van der Waals surface area contributed by atoms with Crippen LogP contribution in [-0.2, 0) is 4.79 Å². The number of halogens is 1. The summed E-state index contributed by atoms with van der Waals surface area (Å²) in [6.07, 6.45) is 2.01. The maximum absolute atomic E-state index is 13.6. The van der Waals surface area contributed by atoms with E-state index in [0.29, 0.717) is 5.02 Å². The average molecular weight is 391 g/mol. The molecule has 1 amide bonds. The van der Waals surface area contributed by atoms with Gasteiger partial charge in [0.2, 0.25) is 5.91 Å². The van der Waals surface area contributed by atoms with Crippen LogP contribution in [0.4, 0.5) is 5.69 Å². The standard InChI is InChI=1S/C24H23ClN2O/c25-20-15-13-19(14-16-20)23(26-21-10-5-2-6-11-21)24(28)27-17-7-12-22(27)18-8-3-1-4-9-18/h1-6,8-11,13-16,22-23,26H,7,12,17H2. The van der Waals surface area contributed by atoms with Gasteiger partial charge in [-0.3, -0.25) is 4.79 Å². The zero-order valence-corrected chi connectivity index (χ0v) is 16.3. The van der Waals surface area contributed by atoms with E-state index < -0.39 is 6.04 Å². The number of nitrogens with one attached hydrogen (secondary N) is 1. The monoisotopic (exact) mass is 390 g/mol. The van der Waals surface area contributed by atoms with E-state index in [2.05, 4.69) is 17.4 Å². The first-order chi connectivity index (χ1) is 13.7. The summed E-state index contributed by atoms with van der Waals surface area (Å²) >= 11 is 6.07. The van der Waals surface area contributed by atoms with Gasteiger partial charge in [-0.1, -0.05) is 72.3 Å². The smallest absolute Gasteiger partial charge is 0.250 e. The lowest BCUT2D eigenvalue weighted by atomic mass is 10.0. The maximum Gasteiger partial charge on any atom is 0.250 e. The summed E-state index contributed by atoms with van der Waals surface area (Å²) in [5, 5.41) is 4.09. The summed E-state index contributed by atoms with van der Waals surface area (Å²) in [7, 11) is 0. The van der Waals surface area contributed by atoms with Crippen molar-refractivity contribution in [3.63, 3.8) is 0 Å². The van der Waals surface area contributed by atoms with Gasteiger partial charge in [0, 0.05) is 17.3 Å². The minimum Gasteiger partial charge on any atom is -0.370 e. The second-order valence-corrected chi connectivity index (χ2v) is 7.53. The van der Waals surface area contributed by atoms with Crippen LogP contribution in [0.5, 0.6) is 0 Å². The third kappa shape index (κ3) is 4.05. The molecule has 1 N–H and O–H groups in total. The number of hydrogen-bond acceptors (Lipinski definition) is 2. The van der Waals surface area contributed by atoms with E-state index in [0.717, 1.165) is 30.6 Å². The lowest BCUT2D eigenvalue weighted by Crippen LogP contribution is -2.37. The largest absolute Gasteiger partial charge is 0.370 e. The molecule has 1 heterocycles. The van der Waals surface area contributed by atoms with Crippen LogP contribution in [0.25, 0.3) is 0 Å². The van der Waals surface area contributed by atoms with E-state index in [-0.39, 0.29) is 11.9 Å². The maximum atomic E-state index is 13.6. The second-order valence-electron chi connectivity index (χ2n) is 7.10. The van der Waals surface area contributed by atoms with Crippen molar-refractivity contribution in [2.24, 2.45) is 0 Å². The Morgan fingerprint density at radius 3 is 2.25 bits per heavy atom. The van der Waals surface area contributed by atoms with Crippen molar-refractivity contribution in [3.8, 4) is 0 Å². The van der Waals surface area contributed by atoms with Crippen LogP contribution in [0, 0.1) is 0 Å². The van der Waals surface area contributed by atoms with Crippen LogP contribution in [-0.4, -0.2) is 17.4 Å². The molecule has 3 nitrogen and oxygen atoms in total. The van der Waals surface area contributed by atoms with Gasteiger partial charge >= 0.3 is 0 Å². The fraction of sp³-hybridized carbons (Fsp3) is 0.208. The molecule has 1 fully saturated rings. The van der Waals surface area contributed by atoms with Crippen LogP contribution in [0.3, 0.4) is 0 Å². The second kappa shape index (κ2) is 8.49. The van der Waals surface area contributed by atoms with Crippen molar-refractivity contribution in [1.82, 2.24) is 4.90 Å². The van der Waals surface area contributed by atoms with Gasteiger partial charge in [0.1, 0.15) is 6.04 Å².